The molecule has 2 aromatic carbocycles. The lowest BCUT2D eigenvalue weighted by atomic mass is 9.86. The standard InChI is InChI=1S/C22H20N2O3S2/c1-2-12-8-13-6-7-19-20(16(13)10-18(12)26)17(11-25)22(29-19)23-21(27)14-4-3-5-15(9-14)24-28/h3-5,8-11,24,26,28H,2,6-7H2,1H3,(H,23,27). The van der Waals surface area contributed by atoms with Crippen molar-refractivity contribution in [2.45, 2.75) is 26.2 Å². The summed E-state index contributed by atoms with van der Waals surface area (Å²) in [5, 5.41) is 13.8. The highest BCUT2D eigenvalue weighted by atomic mass is 32.1. The van der Waals surface area contributed by atoms with Gasteiger partial charge in [-0.25, -0.2) is 0 Å². The Kier molecular flexibility index (Phi) is 5.34. The number of nitrogens with one attached hydrogen (secondary N) is 2. The van der Waals surface area contributed by atoms with E-state index in [-0.39, 0.29) is 11.7 Å². The molecular weight excluding hydrogens is 404 g/mol. The number of thiol groups is 1. The van der Waals surface area contributed by atoms with Crippen molar-refractivity contribution < 1.29 is 14.7 Å². The van der Waals surface area contributed by atoms with E-state index in [1.165, 1.54) is 11.3 Å². The molecule has 1 aromatic heterocycles. The van der Waals surface area contributed by atoms with Gasteiger partial charge in [0.15, 0.2) is 6.29 Å². The SMILES string of the molecule is CCc1cc2c(cc1O)-c1c(sc(NC(=O)c3cccc(NS)c3)c1C=O)CC2. The zero-order chi connectivity index (χ0) is 20.5. The van der Waals surface area contributed by atoms with Crippen molar-refractivity contribution in [3.05, 3.63) is 63.5 Å². The van der Waals surface area contributed by atoms with Crippen molar-refractivity contribution in [3.8, 4) is 16.9 Å². The van der Waals surface area contributed by atoms with E-state index in [2.05, 4.69) is 22.9 Å². The van der Waals surface area contributed by atoms with Gasteiger partial charge in [0, 0.05) is 21.7 Å². The number of aryl methyl sites for hydroxylation is 3. The minimum absolute atomic E-state index is 0.240. The Bertz CT molecular complexity index is 1120. The summed E-state index contributed by atoms with van der Waals surface area (Å²) in [4.78, 5) is 25.7. The Balaban J connectivity index is 1.74. The number of thiophene rings is 1. The number of carbonyl (C=O) groups is 2. The Morgan fingerprint density at radius 1 is 1.28 bits per heavy atom. The average molecular weight is 425 g/mol. The Hall–Kier alpha value is -2.77. The largest absolute Gasteiger partial charge is 0.508 e. The first kappa shape index (κ1) is 19.5. The molecule has 0 aliphatic heterocycles. The number of hydrogen-bond acceptors (Lipinski definition) is 6. The molecule has 0 spiro atoms. The molecule has 148 valence electrons. The van der Waals surface area contributed by atoms with Gasteiger partial charge in [0.25, 0.3) is 5.91 Å². The number of anilines is 2. The molecule has 29 heavy (non-hydrogen) atoms. The molecule has 1 aliphatic rings. The number of carbonyl (C=O) groups excluding carboxylic acids is 2. The third-order valence-corrected chi connectivity index (χ3v) is 6.63. The molecular formula is C22H20N2O3S2. The molecule has 7 heteroatoms. The van der Waals surface area contributed by atoms with Crippen LogP contribution in [0.3, 0.4) is 0 Å². The van der Waals surface area contributed by atoms with Gasteiger partial charge in [0.2, 0.25) is 0 Å². The molecule has 0 bridgehead atoms. The van der Waals surface area contributed by atoms with Crippen LogP contribution in [0.4, 0.5) is 10.7 Å². The average Bonchev–Trinajstić information content (AvgIpc) is 3.10. The second kappa shape index (κ2) is 7.93. The van der Waals surface area contributed by atoms with Crippen LogP contribution in [0.5, 0.6) is 5.75 Å². The summed E-state index contributed by atoms with van der Waals surface area (Å²) in [7, 11) is 0. The minimum atomic E-state index is -0.290. The van der Waals surface area contributed by atoms with Crippen molar-refractivity contribution in [1.29, 1.82) is 0 Å². The van der Waals surface area contributed by atoms with Gasteiger partial charge >= 0.3 is 0 Å². The number of fused-ring (bicyclic) bond motifs is 3. The first-order valence-electron chi connectivity index (χ1n) is 9.33. The van der Waals surface area contributed by atoms with E-state index in [0.717, 1.165) is 52.7 Å². The monoisotopic (exact) mass is 424 g/mol. The van der Waals surface area contributed by atoms with E-state index in [4.69, 9.17) is 0 Å². The van der Waals surface area contributed by atoms with Crippen LogP contribution in [-0.2, 0) is 19.3 Å². The third kappa shape index (κ3) is 3.52. The maximum absolute atomic E-state index is 12.7. The van der Waals surface area contributed by atoms with E-state index < -0.39 is 0 Å². The van der Waals surface area contributed by atoms with Gasteiger partial charge in [-0.15, -0.1) is 11.3 Å². The summed E-state index contributed by atoms with van der Waals surface area (Å²) in [6, 6.07) is 10.7. The molecule has 0 saturated heterocycles. The summed E-state index contributed by atoms with van der Waals surface area (Å²) in [5.41, 5.74) is 5.37. The summed E-state index contributed by atoms with van der Waals surface area (Å²) in [6.07, 6.45) is 3.18. The number of rotatable bonds is 5. The minimum Gasteiger partial charge on any atom is -0.508 e. The number of aldehydes is 1. The zero-order valence-corrected chi connectivity index (χ0v) is 17.5. The molecule has 1 amide bonds. The molecule has 0 atom stereocenters. The molecule has 0 saturated carbocycles. The summed E-state index contributed by atoms with van der Waals surface area (Å²) < 4.78 is 2.71. The van der Waals surface area contributed by atoms with E-state index in [1.54, 1.807) is 30.3 Å². The fraction of sp³-hybridized carbons (Fsp3) is 0.182. The van der Waals surface area contributed by atoms with Crippen LogP contribution in [-0.4, -0.2) is 17.3 Å². The van der Waals surface area contributed by atoms with Gasteiger partial charge in [-0.05, 0) is 60.2 Å². The van der Waals surface area contributed by atoms with Gasteiger partial charge in [0.1, 0.15) is 10.8 Å². The van der Waals surface area contributed by atoms with Crippen LogP contribution in [0.1, 0.15) is 43.6 Å². The predicted molar refractivity (Wildman–Crippen MR) is 121 cm³/mol. The quantitative estimate of drug-likeness (QED) is 0.339. The van der Waals surface area contributed by atoms with Gasteiger partial charge < -0.3 is 15.1 Å². The van der Waals surface area contributed by atoms with E-state index >= 15 is 0 Å². The third-order valence-electron chi connectivity index (χ3n) is 5.19. The highest BCUT2D eigenvalue weighted by Gasteiger charge is 2.26. The van der Waals surface area contributed by atoms with Crippen molar-refractivity contribution in [2.24, 2.45) is 0 Å². The molecule has 5 nitrogen and oxygen atoms in total. The number of aromatic hydroxyl groups is 1. The molecule has 0 radical (unpaired) electrons. The summed E-state index contributed by atoms with van der Waals surface area (Å²) in [6.45, 7) is 2.00. The normalized spacial score (nSPS) is 12.1. The topological polar surface area (TPSA) is 78.4 Å². The van der Waals surface area contributed by atoms with Crippen LogP contribution in [0, 0.1) is 0 Å². The van der Waals surface area contributed by atoms with Gasteiger partial charge in [-0.3, -0.25) is 9.59 Å². The molecule has 4 rings (SSSR count). The first-order valence-corrected chi connectivity index (χ1v) is 10.6. The lowest BCUT2D eigenvalue weighted by Gasteiger charge is -2.19. The molecule has 0 unspecified atom stereocenters. The number of amides is 1. The number of benzene rings is 2. The maximum Gasteiger partial charge on any atom is 0.256 e. The van der Waals surface area contributed by atoms with E-state index in [1.807, 2.05) is 13.0 Å². The molecule has 3 aromatic rings. The first-order chi connectivity index (χ1) is 14.0. The fourth-order valence-corrected chi connectivity index (χ4v) is 5.05. The van der Waals surface area contributed by atoms with E-state index in [9.17, 15) is 14.7 Å². The zero-order valence-electron chi connectivity index (χ0n) is 15.8. The molecule has 1 aliphatic carbocycles. The lowest BCUT2D eigenvalue weighted by molar-refractivity contribution is 0.102. The van der Waals surface area contributed by atoms with Crippen molar-refractivity contribution in [1.82, 2.24) is 0 Å². The summed E-state index contributed by atoms with van der Waals surface area (Å²) in [5.74, 6) is -0.0506. The fourth-order valence-electron chi connectivity index (χ4n) is 3.73. The van der Waals surface area contributed by atoms with Gasteiger partial charge in [0.05, 0.1) is 5.56 Å². The predicted octanol–water partition coefficient (Wildman–Crippen LogP) is 5.10. The Morgan fingerprint density at radius 3 is 2.83 bits per heavy atom. The van der Waals surface area contributed by atoms with Crippen LogP contribution in [0.25, 0.3) is 11.1 Å². The highest BCUT2D eigenvalue weighted by Crippen LogP contribution is 2.46. The Labute approximate surface area is 178 Å². The Morgan fingerprint density at radius 2 is 2.10 bits per heavy atom. The number of hydrogen-bond donors (Lipinski definition) is 4. The number of phenolic OH excluding ortho intramolecular Hbond substituents is 1. The van der Waals surface area contributed by atoms with E-state index in [0.29, 0.717) is 21.8 Å². The van der Waals surface area contributed by atoms with Crippen molar-refractivity contribution >= 4 is 47.0 Å². The maximum atomic E-state index is 12.7. The summed E-state index contributed by atoms with van der Waals surface area (Å²) >= 11 is 5.43. The second-order valence-corrected chi connectivity index (χ2v) is 8.23. The highest BCUT2D eigenvalue weighted by molar-refractivity contribution is 7.81. The van der Waals surface area contributed by atoms with Gasteiger partial charge in [-0.2, -0.15) is 0 Å². The van der Waals surface area contributed by atoms with Crippen LogP contribution in [0.2, 0.25) is 0 Å². The van der Waals surface area contributed by atoms with Crippen LogP contribution in [0.15, 0.2) is 36.4 Å². The van der Waals surface area contributed by atoms with Crippen molar-refractivity contribution in [3.63, 3.8) is 0 Å². The number of phenols is 1. The molecule has 1 heterocycles. The van der Waals surface area contributed by atoms with Crippen LogP contribution < -0.4 is 10.0 Å². The van der Waals surface area contributed by atoms with Crippen LogP contribution >= 0.6 is 24.2 Å². The lowest BCUT2D eigenvalue weighted by Crippen LogP contribution is -2.12. The van der Waals surface area contributed by atoms with Crippen molar-refractivity contribution in [2.75, 3.05) is 10.0 Å². The second-order valence-electron chi connectivity index (χ2n) is 6.90. The van der Waals surface area contributed by atoms with Gasteiger partial charge in [-0.1, -0.05) is 31.9 Å². The molecule has 0 fully saturated rings. The smallest absolute Gasteiger partial charge is 0.256 e. The molecule has 3 N–H and O–H groups in total.